The summed E-state index contributed by atoms with van der Waals surface area (Å²) < 4.78 is 30.2. The Balaban J connectivity index is 1.42. The maximum absolute atomic E-state index is 13.2. The number of anilines is 2. The van der Waals surface area contributed by atoms with Crippen LogP contribution in [0, 0.1) is 5.82 Å². The second-order valence-corrected chi connectivity index (χ2v) is 8.04. The number of nitrogens with one attached hydrogen (secondary N) is 1. The Kier molecular flexibility index (Phi) is 6.36. The third-order valence-electron chi connectivity index (χ3n) is 5.87. The van der Waals surface area contributed by atoms with Gasteiger partial charge in [-0.3, -0.25) is 4.98 Å². The van der Waals surface area contributed by atoms with E-state index in [2.05, 4.69) is 20.1 Å². The molecule has 4 heterocycles. The molecule has 1 N–H and O–H groups in total. The molecule has 1 atom stereocenters. The molecule has 5 rings (SSSR count). The van der Waals surface area contributed by atoms with Gasteiger partial charge in [0.05, 0.1) is 44.1 Å². The summed E-state index contributed by atoms with van der Waals surface area (Å²) >= 11 is 0. The molecule has 0 amide bonds. The molecule has 0 aliphatic carbocycles. The van der Waals surface area contributed by atoms with Crippen molar-refractivity contribution in [2.75, 3.05) is 69.5 Å². The Bertz CT molecular complexity index is 1090. The topological polar surface area (TPSA) is 84.9 Å². The summed E-state index contributed by atoms with van der Waals surface area (Å²) in [5.41, 5.74) is 0.749. The van der Waals surface area contributed by atoms with Gasteiger partial charge >= 0.3 is 0 Å². The molecule has 2 saturated heterocycles. The fraction of sp³-hybridized carbons (Fsp3) is 0.435. The van der Waals surface area contributed by atoms with Gasteiger partial charge < -0.3 is 29.3 Å². The average Bonchev–Trinajstić information content (AvgIpc) is 2.88. The van der Waals surface area contributed by atoms with E-state index in [0.29, 0.717) is 43.8 Å². The van der Waals surface area contributed by atoms with E-state index in [0.717, 1.165) is 42.9 Å². The van der Waals surface area contributed by atoms with Crippen LogP contribution in [-0.2, 0) is 4.74 Å². The van der Waals surface area contributed by atoms with E-state index in [4.69, 9.17) is 24.2 Å². The normalized spacial score (nSPS) is 19.0. The van der Waals surface area contributed by atoms with Crippen molar-refractivity contribution >= 4 is 22.7 Å². The van der Waals surface area contributed by atoms with Gasteiger partial charge in [-0.2, -0.15) is 4.98 Å². The number of methoxy groups -OCH3 is 1. The predicted molar refractivity (Wildman–Crippen MR) is 123 cm³/mol. The highest BCUT2D eigenvalue weighted by atomic mass is 19.1. The van der Waals surface area contributed by atoms with Gasteiger partial charge in [0.15, 0.2) is 0 Å². The molecule has 0 spiro atoms. The van der Waals surface area contributed by atoms with Gasteiger partial charge in [0.25, 0.3) is 0 Å². The van der Waals surface area contributed by atoms with Crippen LogP contribution in [0.5, 0.6) is 11.5 Å². The van der Waals surface area contributed by atoms with E-state index in [1.54, 1.807) is 31.6 Å². The molecule has 0 bridgehead atoms. The summed E-state index contributed by atoms with van der Waals surface area (Å²) in [6.45, 7) is 5.53. The Morgan fingerprint density at radius 3 is 2.70 bits per heavy atom. The lowest BCUT2D eigenvalue weighted by Gasteiger charge is -2.35. The first-order chi connectivity index (χ1) is 16.2. The summed E-state index contributed by atoms with van der Waals surface area (Å²) in [7, 11) is 1.63. The molecule has 10 heteroatoms. The van der Waals surface area contributed by atoms with Crippen LogP contribution in [0.2, 0.25) is 0 Å². The van der Waals surface area contributed by atoms with Crippen molar-refractivity contribution < 1.29 is 18.6 Å². The molecular formula is C23H27FN6O3. The number of hydrogen-bond acceptors (Lipinski definition) is 9. The molecule has 2 aliphatic rings. The van der Waals surface area contributed by atoms with Gasteiger partial charge in [0, 0.05) is 32.7 Å². The number of morpholine rings is 1. The number of halogens is 1. The smallest absolute Gasteiger partial charge is 0.228 e. The summed E-state index contributed by atoms with van der Waals surface area (Å²) in [5, 5.41) is 4.35. The summed E-state index contributed by atoms with van der Waals surface area (Å²) in [6.07, 6.45) is 3.45. The average molecular weight is 455 g/mol. The van der Waals surface area contributed by atoms with Gasteiger partial charge in [-0.1, -0.05) is 0 Å². The van der Waals surface area contributed by atoms with Gasteiger partial charge in [0.2, 0.25) is 5.95 Å². The van der Waals surface area contributed by atoms with E-state index < -0.39 is 0 Å². The van der Waals surface area contributed by atoms with Crippen molar-refractivity contribution in [1.29, 1.82) is 0 Å². The SMILES string of the molecule is COc1cncc2nc(N3CCOCC3)nc(N3CCNC(COc4ccc(F)cc4)C3)c12. The minimum Gasteiger partial charge on any atom is -0.494 e. The molecule has 9 nitrogen and oxygen atoms in total. The van der Waals surface area contributed by atoms with Crippen LogP contribution in [0.3, 0.4) is 0 Å². The van der Waals surface area contributed by atoms with Gasteiger partial charge in [-0.05, 0) is 24.3 Å². The molecule has 1 unspecified atom stereocenters. The number of hydrogen-bond donors (Lipinski definition) is 1. The van der Waals surface area contributed by atoms with Gasteiger partial charge in [-0.15, -0.1) is 0 Å². The van der Waals surface area contributed by atoms with E-state index in [9.17, 15) is 4.39 Å². The van der Waals surface area contributed by atoms with Crippen LogP contribution < -0.4 is 24.6 Å². The van der Waals surface area contributed by atoms with E-state index in [-0.39, 0.29) is 11.9 Å². The first kappa shape index (κ1) is 21.6. The van der Waals surface area contributed by atoms with Crippen molar-refractivity contribution in [3.8, 4) is 11.5 Å². The van der Waals surface area contributed by atoms with Crippen LogP contribution in [0.1, 0.15) is 0 Å². The van der Waals surface area contributed by atoms with Crippen LogP contribution in [0.15, 0.2) is 36.7 Å². The first-order valence-corrected chi connectivity index (χ1v) is 11.1. The summed E-state index contributed by atoms with van der Waals surface area (Å²) in [5.74, 6) is 2.51. The van der Waals surface area contributed by atoms with Crippen LogP contribution in [-0.4, -0.2) is 80.6 Å². The van der Waals surface area contributed by atoms with Crippen LogP contribution >= 0.6 is 0 Å². The molecule has 1 aromatic carbocycles. The monoisotopic (exact) mass is 454 g/mol. The van der Waals surface area contributed by atoms with E-state index in [1.807, 2.05) is 0 Å². The van der Waals surface area contributed by atoms with Crippen LogP contribution in [0.25, 0.3) is 10.9 Å². The minimum atomic E-state index is -0.278. The lowest BCUT2D eigenvalue weighted by atomic mass is 10.2. The second kappa shape index (κ2) is 9.72. The van der Waals surface area contributed by atoms with E-state index >= 15 is 0 Å². The second-order valence-electron chi connectivity index (χ2n) is 8.04. The Labute approximate surface area is 191 Å². The van der Waals surface area contributed by atoms with Crippen molar-refractivity contribution in [1.82, 2.24) is 20.3 Å². The van der Waals surface area contributed by atoms with Gasteiger partial charge in [0.1, 0.15) is 35.3 Å². The number of benzene rings is 1. The molecule has 2 fully saturated rings. The number of nitrogens with zero attached hydrogens (tertiary/aromatic N) is 5. The maximum Gasteiger partial charge on any atom is 0.228 e. The largest absolute Gasteiger partial charge is 0.494 e. The third-order valence-corrected chi connectivity index (χ3v) is 5.87. The molecule has 2 aromatic heterocycles. The highest BCUT2D eigenvalue weighted by Gasteiger charge is 2.26. The Hall–Kier alpha value is -3.24. The van der Waals surface area contributed by atoms with Crippen LogP contribution in [0.4, 0.5) is 16.2 Å². The molecule has 0 saturated carbocycles. The number of fused-ring (bicyclic) bond motifs is 1. The zero-order valence-corrected chi connectivity index (χ0v) is 18.5. The molecule has 3 aromatic rings. The fourth-order valence-electron chi connectivity index (χ4n) is 4.17. The molecule has 0 radical (unpaired) electrons. The Morgan fingerprint density at radius 2 is 1.91 bits per heavy atom. The summed E-state index contributed by atoms with van der Waals surface area (Å²) in [6, 6.07) is 6.15. The number of aromatic nitrogens is 3. The fourth-order valence-corrected chi connectivity index (χ4v) is 4.17. The minimum absolute atomic E-state index is 0.0773. The highest BCUT2D eigenvalue weighted by molar-refractivity contribution is 5.95. The summed E-state index contributed by atoms with van der Waals surface area (Å²) in [4.78, 5) is 18.5. The maximum atomic E-state index is 13.2. The number of rotatable bonds is 6. The lowest BCUT2D eigenvalue weighted by Crippen LogP contribution is -2.53. The van der Waals surface area contributed by atoms with Gasteiger partial charge in [-0.25, -0.2) is 9.37 Å². The zero-order valence-electron chi connectivity index (χ0n) is 18.5. The predicted octanol–water partition coefficient (Wildman–Crippen LogP) is 1.87. The number of ether oxygens (including phenoxy) is 3. The third kappa shape index (κ3) is 4.76. The standard InChI is InChI=1S/C23H27FN6O3/c1-31-20-13-25-12-19-21(20)22(28-23(27-19)29-8-10-32-11-9-29)30-7-6-26-17(14-30)15-33-18-4-2-16(24)3-5-18/h2-5,12-13,17,26H,6-11,14-15H2,1H3. The van der Waals surface area contributed by atoms with E-state index in [1.165, 1.54) is 12.1 Å². The van der Waals surface area contributed by atoms with Crippen molar-refractivity contribution in [2.24, 2.45) is 0 Å². The first-order valence-electron chi connectivity index (χ1n) is 11.1. The highest BCUT2D eigenvalue weighted by Crippen LogP contribution is 2.34. The molecule has 174 valence electrons. The number of piperazine rings is 1. The van der Waals surface area contributed by atoms with Crippen molar-refractivity contribution in [3.05, 3.63) is 42.5 Å². The molecular weight excluding hydrogens is 427 g/mol. The van der Waals surface area contributed by atoms with Crippen molar-refractivity contribution in [3.63, 3.8) is 0 Å². The lowest BCUT2D eigenvalue weighted by molar-refractivity contribution is 0.122. The zero-order chi connectivity index (χ0) is 22.6. The number of pyridine rings is 1. The Morgan fingerprint density at radius 1 is 1.09 bits per heavy atom. The quantitative estimate of drug-likeness (QED) is 0.600. The van der Waals surface area contributed by atoms with Crippen molar-refractivity contribution in [2.45, 2.75) is 6.04 Å². The molecule has 2 aliphatic heterocycles. The molecule has 33 heavy (non-hydrogen) atoms.